The van der Waals surface area contributed by atoms with Crippen LogP contribution in [-0.4, -0.2) is 32.9 Å². The SMILES string of the molecule is COc1cc(N[C@H](C)Cn2nc(C)cc2C)ncn1. The van der Waals surface area contributed by atoms with Gasteiger partial charge in [0.2, 0.25) is 5.88 Å². The molecule has 6 nitrogen and oxygen atoms in total. The van der Waals surface area contributed by atoms with Crippen molar-refractivity contribution in [3.05, 3.63) is 29.8 Å². The quantitative estimate of drug-likeness (QED) is 0.889. The molecular formula is C13H19N5O. The van der Waals surface area contributed by atoms with Gasteiger partial charge >= 0.3 is 0 Å². The van der Waals surface area contributed by atoms with Gasteiger partial charge in [-0.1, -0.05) is 0 Å². The summed E-state index contributed by atoms with van der Waals surface area (Å²) in [5.74, 6) is 1.30. The number of ether oxygens (including phenoxy) is 1. The fourth-order valence-corrected chi connectivity index (χ4v) is 1.95. The zero-order valence-electron chi connectivity index (χ0n) is 11.7. The minimum absolute atomic E-state index is 0.206. The minimum Gasteiger partial charge on any atom is -0.481 e. The van der Waals surface area contributed by atoms with Crippen molar-refractivity contribution in [2.75, 3.05) is 12.4 Å². The molecule has 0 saturated heterocycles. The molecule has 2 rings (SSSR count). The van der Waals surface area contributed by atoms with Crippen molar-refractivity contribution in [2.45, 2.75) is 33.4 Å². The van der Waals surface area contributed by atoms with Crippen LogP contribution >= 0.6 is 0 Å². The Kier molecular flexibility index (Phi) is 3.99. The molecule has 0 amide bonds. The lowest BCUT2D eigenvalue weighted by molar-refractivity contribution is 0.397. The second kappa shape index (κ2) is 5.69. The van der Waals surface area contributed by atoms with E-state index in [9.17, 15) is 0 Å². The van der Waals surface area contributed by atoms with Crippen molar-refractivity contribution < 1.29 is 4.74 Å². The second-order valence-electron chi connectivity index (χ2n) is 4.60. The maximum Gasteiger partial charge on any atom is 0.218 e. The molecule has 0 aromatic carbocycles. The van der Waals surface area contributed by atoms with Gasteiger partial charge in [-0.3, -0.25) is 4.68 Å². The van der Waals surface area contributed by atoms with Crippen LogP contribution in [0.4, 0.5) is 5.82 Å². The average molecular weight is 261 g/mol. The molecule has 19 heavy (non-hydrogen) atoms. The average Bonchev–Trinajstić information content (AvgIpc) is 2.68. The van der Waals surface area contributed by atoms with Crippen LogP contribution in [-0.2, 0) is 6.54 Å². The number of hydrogen-bond acceptors (Lipinski definition) is 5. The summed E-state index contributed by atoms with van der Waals surface area (Å²) >= 11 is 0. The molecule has 1 atom stereocenters. The number of rotatable bonds is 5. The van der Waals surface area contributed by atoms with Gasteiger partial charge in [-0.25, -0.2) is 9.97 Å². The van der Waals surface area contributed by atoms with Gasteiger partial charge in [-0.15, -0.1) is 0 Å². The van der Waals surface area contributed by atoms with Gasteiger partial charge in [0, 0.05) is 17.8 Å². The zero-order chi connectivity index (χ0) is 13.8. The van der Waals surface area contributed by atoms with Crippen molar-refractivity contribution in [1.82, 2.24) is 19.7 Å². The lowest BCUT2D eigenvalue weighted by Gasteiger charge is -2.15. The molecular weight excluding hydrogens is 242 g/mol. The standard InChI is InChI=1S/C13H19N5O/c1-9-5-11(3)18(17-9)7-10(2)16-12-6-13(19-4)15-8-14-12/h5-6,8,10H,7H2,1-4H3,(H,14,15,16)/t10-/m1/s1. The molecule has 0 spiro atoms. The molecule has 0 saturated carbocycles. The van der Waals surface area contributed by atoms with Crippen molar-refractivity contribution in [3.63, 3.8) is 0 Å². The fraction of sp³-hybridized carbons (Fsp3) is 0.462. The molecule has 0 unspecified atom stereocenters. The Labute approximate surface area is 112 Å². The van der Waals surface area contributed by atoms with E-state index >= 15 is 0 Å². The van der Waals surface area contributed by atoms with Gasteiger partial charge in [0.05, 0.1) is 19.3 Å². The van der Waals surface area contributed by atoms with Crippen LogP contribution in [0, 0.1) is 13.8 Å². The highest BCUT2D eigenvalue weighted by Crippen LogP contribution is 2.12. The molecule has 6 heteroatoms. The van der Waals surface area contributed by atoms with Crippen molar-refractivity contribution in [1.29, 1.82) is 0 Å². The third-order valence-electron chi connectivity index (χ3n) is 2.80. The lowest BCUT2D eigenvalue weighted by atomic mass is 10.3. The largest absolute Gasteiger partial charge is 0.481 e. The first-order chi connectivity index (χ1) is 9.08. The Hall–Kier alpha value is -2.11. The first-order valence-corrected chi connectivity index (χ1v) is 6.22. The van der Waals surface area contributed by atoms with Gasteiger partial charge < -0.3 is 10.1 Å². The summed E-state index contributed by atoms with van der Waals surface area (Å²) in [6.45, 7) is 6.92. The lowest BCUT2D eigenvalue weighted by Crippen LogP contribution is -2.23. The third-order valence-corrected chi connectivity index (χ3v) is 2.80. The highest BCUT2D eigenvalue weighted by atomic mass is 16.5. The zero-order valence-corrected chi connectivity index (χ0v) is 11.7. The number of aryl methyl sites for hydroxylation is 2. The van der Waals surface area contributed by atoms with E-state index in [1.54, 1.807) is 13.2 Å². The monoisotopic (exact) mass is 261 g/mol. The van der Waals surface area contributed by atoms with Crippen molar-refractivity contribution >= 4 is 5.82 Å². The van der Waals surface area contributed by atoms with E-state index in [0.717, 1.165) is 23.8 Å². The summed E-state index contributed by atoms with van der Waals surface area (Å²) in [5, 5.41) is 7.75. The van der Waals surface area contributed by atoms with Crippen molar-refractivity contribution in [3.8, 4) is 5.88 Å². The smallest absolute Gasteiger partial charge is 0.218 e. The van der Waals surface area contributed by atoms with Gasteiger partial charge in [0.15, 0.2) is 0 Å². The molecule has 2 heterocycles. The van der Waals surface area contributed by atoms with Crippen LogP contribution in [0.1, 0.15) is 18.3 Å². The Morgan fingerprint density at radius 2 is 2.11 bits per heavy atom. The van der Waals surface area contributed by atoms with Crippen LogP contribution in [0.15, 0.2) is 18.5 Å². The van der Waals surface area contributed by atoms with E-state index in [1.807, 2.05) is 11.6 Å². The Morgan fingerprint density at radius 3 is 2.74 bits per heavy atom. The number of nitrogens with one attached hydrogen (secondary N) is 1. The molecule has 102 valence electrons. The second-order valence-corrected chi connectivity index (χ2v) is 4.60. The van der Waals surface area contributed by atoms with E-state index in [2.05, 4.69) is 40.3 Å². The summed E-state index contributed by atoms with van der Waals surface area (Å²) in [6, 6.07) is 4.05. The summed E-state index contributed by atoms with van der Waals surface area (Å²) in [6.07, 6.45) is 1.48. The topological polar surface area (TPSA) is 64.9 Å². The van der Waals surface area contributed by atoms with Crippen LogP contribution < -0.4 is 10.1 Å². The highest BCUT2D eigenvalue weighted by molar-refractivity contribution is 5.37. The number of methoxy groups -OCH3 is 1. The summed E-state index contributed by atoms with van der Waals surface area (Å²) in [4.78, 5) is 8.14. The predicted molar refractivity (Wildman–Crippen MR) is 73.4 cm³/mol. The van der Waals surface area contributed by atoms with Gasteiger partial charge in [0.1, 0.15) is 12.1 Å². The number of anilines is 1. The van der Waals surface area contributed by atoms with Crippen LogP contribution in [0.25, 0.3) is 0 Å². The van der Waals surface area contributed by atoms with Gasteiger partial charge in [-0.05, 0) is 26.8 Å². The number of nitrogens with zero attached hydrogens (tertiary/aromatic N) is 4. The summed E-state index contributed by atoms with van der Waals surface area (Å²) in [7, 11) is 1.59. The maximum atomic E-state index is 5.07. The van der Waals surface area contributed by atoms with E-state index in [-0.39, 0.29) is 6.04 Å². The molecule has 2 aromatic heterocycles. The first-order valence-electron chi connectivity index (χ1n) is 6.22. The molecule has 2 aromatic rings. The van der Waals surface area contributed by atoms with Gasteiger partial charge in [0.25, 0.3) is 0 Å². The molecule has 0 aliphatic rings. The molecule has 0 aliphatic carbocycles. The van der Waals surface area contributed by atoms with Crippen LogP contribution in [0.2, 0.25) is 0 Å². The Bertz CT molecular complexity index is 552. The van der Waals surface area contributed by atoms with E-state index < -0.39 is 0 Å². The molecule has 0 bridgehead atoms. The number of hydrogen-bond donors (Lipinski definition) is 1. The number of aromatic nitrogens is 4. The van der Waals surface area contributed by atoms with Crippen molar-refractivity contribution in [2.24, 2.45) is 0 Å². The van der Waals surface area contributed by atoms with E-state index in [1.165, 1.54) is 6.33 Å². The minimum atomic E-state index is 0.206. The first kappa shape index (κ1) is 13.3. The summed E-state index contributed by atoms with van der Waals surface area (Å²) < 4.78 is 7.06. The van der Waals surface area contributed by atoms with Crippen LogP contribution in [0.3, 0.4) is 0 Å². The Balaban J connectivity index is 2.00. The molecule has 1 N–H and O–H groups in total. The fourth-order valence-electron chi connectivity index (χ4n) is 1.95. The maximum absolute atomic E-state index is 5.07. The van der Waals surface area contributed by atoms with E-state index in [0.29, 0.717) is 5.88 Å². The Morgan fingerprint density at radius 1 is 1.32 bits per heavy atom. The van der Waals surface area contributed by atoms with Crippen LogP contribution in [0.5, 0.6) is 5.88 Å². The molecule has 0 fully saturated rings. The van der Waals surface area contributed by atoms with Gasteiger partial charge in [-0.2, -0.15) is 5.10 Å². The normalized spacial score (nSPS) is 12.2. The highest BCUT2D eigenvalue weighted by Gasteiger charge is 2.08. The predicted octanol–water partition coefficient (Wildman–Crippen LogP) is 1.80. The molecule has 0 aliphatic heterocycles. The third kappa shape index (κ3) is 3.43. The summed E-state index contributed by atoms with van der Waals surface area (Å²) in [5.41, 5.74) is 2.19. The van der Waals surface area contributed by atoms with E-state index in [4.69, 9.17) is 4.74 Å². The molecule has 0 radical (unpaired) electrons.